The average molecular weight is 388 g/mol. The molecule has 2 aromatic rings. The maximum Gasteiger partial charge on any atom is 0.323 e. The number of hydrogen-bond acceptors (Lipinski definition) is 8. The number of benzene rings is 1. The van der Waals surface area contributed by atoms with Gasteiger partial charge in [0.2, 0.25) is 11.9 Å². The predicted octanol–water partition coefficient (Wildman–Crippen LogP) is 1.57. The summed E-state index contributed by atoms with van der Waals surface area (Å²) < 4.78 is 24.2. The highest BCUT2D eigenvalue weighted by Gasteiger charge is 2.23. The first-order valence-electron chi connectivity index (χ1n) is 9.70. The van der Waals surface area contributed by atoms with Gasteiger partial charge in [-0.25, -0.2) is 4.39 Å². The first kappa shape index (κ1) is 18.7. The summed E-state index contributed by atoms with van der Waals surface area (Å²) in [7, 11) is 0. The van der Waals surface area contributed by atoms with E-state index in [1.54, 1.807) is 0 Å². The monoisotopic (exact) mass is 388 g/mol. The molecule has 0 aliphatic carbocycles. The third kappa shape index (κ3) is 4.24. The largest absolute Gasteiger partial charge is 0.464 e. The minimum Gasteiger partial charge on any atom is -0.464 e. The van der Waals surface area contributed by atoms with Crippen LogP contribution < -0.4 is 19.4 Å². The summed E-state index contributed by atoms with van der Waals surface area (Å²) in [5.41, 5.74) is 1.03. The van der Waals surface area contributed by atoms with Gasteiger partial charge in [-0.15, -0.1) is 0 Å². The molecule has 0 N–H and O–H groups in total. The molecule has 8 nitrogen and oxygen atoms in total. The van der Waals surface area contributed by atoms with Gasteiger partial charge in [-0.2, -0.15) is 15.0 Å². The zero-order chi connectivity index (χ0) is 19.3. The number of rotatable bonds is 5. The maximum atomic E-state index is 13.2. The highest BCUT2D eigenvalue weighted by atomic mass is 19.1. The first-order chi connectivity index (χ1) is 13.7. The van der Waals surface area contributed by atoms with Crippen LogP contribution in [0.4, 0.5) is 22.0 Å². The number of anilines is 3. The van der Waals surface area contributed by atoms with Crippen LogP contribution in [0.3, 0.4) is 0 Å². The Morgan fingerprint density at radius 1 is 0.857 bits per heavy atom. The predicted molar refractivity (Wildman–Crippen MR) is 105 cm³/mol. The molecule has 0 unspecified atom stereocenters. The SMILES string of the molecule is CCOc1nc(N2CCOCC2)nc(N2CCN(c3ccc(F)cc3)CC2)n1. The van der Waals surface area contributed by atoms with E-state index in [-0.39, 0.29) is 5.82 Å². The van der Waals surface area contributed by atoms with E-state index in [1.165, 1.54) is 12.1 Å². The van der Waals surface area contributed by atoms with Crippen molar-refractivity contribution in [3.8, 4) is 6.01 Å². The molecule has 0 saturated carbocycles. The van der Waals surface area contributed by atoms with Crippen LogP contribution in [0, 0.1) is 5.82 Å². The van der Waals surface area contributed by atoms with Crippen LogP contribution in [-0.4, -0.2) is 74.0 Å². The molecular formula is C19H25FN6O2. The quantitative estimate of drug-likeness (QED) is 0.765. The summed E-state index contributed by atoms with van der Waals surface area (Å²) in [4.78, 5) is 20.2. The van der Waals surface area contributed by atoms with E-state index in [4.69, 9.17) is 14.5 Å². The lowest BCUT2D eigenvalue weighted by atomic mass is 10.2. The van der Waals surface area contributed by atoms with Crippen LogP contribution in [0.25, 0.3) is 0 Å². The van der Waals surface area contributed by atoms with Crippen LogP contribution in [0.1, 0.15) is 6.92 Å². The summed E-state index contributed by atoms with van der Waals surface area (Å²) in [5.74, 6) is 1.06. The molecule has 0 radical (unpaired) electrons. The highest BCUT2D eigenvalue weighted by molar-refractivity contribution is 5.49. The number of aromatic nitrogens is 3. The fourth-order valence-corrected chi connectivity index (χ4v) is 3.39. The average Bonchev–Trinajstić information content (AvgIpc) is 2.75. The Balaban J connectivity index is 1.48. The summed E-state index contributed by atoms with van der Waals surface area (Å²) in [6, 6.07) is 6.98. The van der Waals surface area contributed by atoms with Gasteiger partial charge in [0.05, 0.1) is 19.8 Å². The standard InChI is InChI=1S/C19H25FN6O2/c1-2-28-19-22-17(21-18(23-19)26-11-13-27-14-12-26)25-9-7-24(8-10-25)16-5-3-15(20)4-6-16/h3-6H,2,7-14H2,1H3. The smallest absolute Gasteiger partial charge is 0.323 e. The van der Waals surface area contributed by atoms with Gasteiger partial charge in [0.15, 0.2) is 0 Å². The van der Waals surface area contributed by atoms with E-state index < -0.39 is 0 Å². The van der Waals surface area contributed by atoms with Crippen molar-refractivity contribution in [1.29, 1.82) is 0 Å². The van der Waals surface area contributed by atoms with Crippen LogP contribution >= 0.6 is 0 Å². The molecule has 1 aromatic carbocycles. The number of nitrogens with zero attached hydrogens (tertiary/aromatic N) is 6. The first-order valence-corrected chi connectivity index (χ1v) is 9.70. The molecule has 0 spiro atoms. The van der Waals surface area contributed by atoms with Crippen LogP contribution in [0.5, 0.6) is 6.01 Å². The van der Waals surface area contributed by atoms with Gasteiger partial charge in [0.25, 0.3) is 0 Å². The van der Waals surface area contributed by atoms with Crippen LogP contribution in [0.15, 0.2) is 24.3 Å². The molecule has 2 aliphatic rings. The van der Waals surface area contributed by atoms with Gasteiger partial charge < -0.3 is 24.2 Å². The van der Waals surface area contributed by atoms with E-state index in [0.29, 0.717) is 37.7 Å². The van der Waals surface area contributed by atoms with Gasteiger partial charge in [0.1, 0.15) is 5.82 Å². The molecule has 1 aromatic heterocycles. The van der Waals surface area contributed by atoms with Gasteiger partial charge in [-0.1, -0.05) is 0 Å². The van der Waals surface area contributed by atoms with Crippen molar-refractivity contribution in [3.05, 3.63) is 30.1 Å². The maximum absolute atomic E-state index is 13.2. The lowest BCUT2D eigenvalue weighted by molar-refractivity contribution is 0.122. The van der Waals surface area contributed by atoms with E-state index in [1.807, 2.05) is 19.1 Å². The molecule has 0 bridgehead atoms. The third-order valence-corrected chi connectivity index (χ3v) is 4.91. The van der Waals surface area contributed by atoms with Crippen LogP contribution in [0.2, 0.25) is 0 Å². The number of halogens is 1. The second kappa shape index (κ2) is 8.55. The number of hydrogen-bond donors (Lipinski definition) is 0. The zero-order valence-electron chi connectivity index (χ0n) is 16.1. The van der Waals surface area contributed by atoms with Crippen molar-refractivity contribution in [2.75, 3.05) is 73.8 Å². The van der Waals surface area contributed by atoms with Crippen molar-refractivity contribution in [2.24, 2.45) is 0 Å². The minimum absolute atomic E-state index is 0.216. The minimum atomic E-state index is -0.216. The van der Waals surface area contributed by atoms with E-state index >= 15 is 0 Å². The van der Waals surface area contributed by atoms with Gasteiger partial charge in [-0.3, -0.25) is 0 Å². The highest BCUT2D eigenvalue weighted by Crippen LogP contribution is 2.22. The summed E-state index contributed by atoms with van der Waals surface area (Å²) in [6.07, 6.45) is 0. The van der Waals surface area contributed by atoms with Crippen molar-refractivity contribution < 1.29 is 13.9 Å². The lowest BCUT2D eigenvalue weighted by Crippen LogP contribution is -2.47. The second-order valence-electron chi connectivity index (χ2n) is 6.70. The molecule has 3 heterocycles. The Hall–Kier alpha value is -2.68. The van der Waals surface area contributed by atoms with Crippen LogP contribution in [-0.2, 0) is 4.74 Å². The van der Waals surface area contributed by atoms with Gasteiger partial charge in [0, 0.05) is 45.0 Å². The molecule has 0 atom stereocenters. The molecular weight excluding hydrogens is 363 g/mol. The second-order valence-corrected chi connectivity index (χ2v) is 6.70. The topological polar surface area (TPSA) is 66.9 Å². The Bertz CT molecular complexity index is 776. The molecule has 2 fully saturated rings. The van der Waals surface area contributed by atoms with Crippen molar-refractivity contribution in [1.82, 2.24) is 15.0 Å². The molecule has 150 valence electrons. The van der Waals surface area contributed by atoms with E-state index in [0.717, 1.165) is 45.0 Å². The van der Waals surface area contributed by atoms with Crippen molar-refractivity contribution in [2.45, 2.75) is 6.92 Å². The van der Waals surface area contributed by atoms with E-state index in [2.05, 4.69) is 24.7 Å². The third-order valence-electron chi connectivity index (χ3n) is 4.91. The lowest BCUT2D eigenvalue weighted by Gasteiger charge is -2.36. The number of ether oxygens (including phenoxy) is 2. The summed E-state index contributed by atoms with van der Waals surface area (Å²) in [5, 5.41) is 0. The van der Waals surface area contributed by atoms with E-state index in [9.17, 15) is 4.39 Å². The number of morpholine rings is 1. The fourth-order valence-electron chi connectivity index (χ4n) is 3.39. The summed E-state index contributed by atoms with van der Waals surface area (Å²) >= 11 is 0. The zero-order valence-corrected chi connectivity index (χ0v) is 16.1. The Morgan fingerprint density at radius 2 is 1.43 bits per heavy atom. The van der Waals surface area contributed by atoms with Gasteiger partial charge >= 0.3 is 6.01 Å². The molecule has 4 rings (SSSR count). The number of piperazine rings is 1. The van der Waals surface area contributed by atoms with Crippen molar-refractivity contribution >= 4 is 17.6 Å². The molecule has 9 heteroatoms. The normalized spacial score (nSPS) is 17.7. The van der Waals surface area contributed by atoms with Gasteiger partial charge in [-0.05, 0) is 31.2 Å². The Kier molecular flexibility index (Phi) is 5.70. The van der Waals surface area contributed by atoms with Crippen molar-refractivity contribution in [3.63, 3.8) is 0 Å². The Morgan fingerprint density at radius 3 is 2.04 bits per heavy atom. The fraction of sp³-hybridized carbons (Fsp3) is 0.526. The molecule has 2 saturated heterocycles. The summed E-state index contributed by atoms with van der Waals surface area (Å²) in [6.45, 7) is 8.44. The molecule has 2 aliphatic heterocycles. The molecule has 0 amide bonds. The molecule has 28 heavy (non-hydrogen) atoms. The Labute approximate surface area is 163 Å².